The third-order valence-electron chi connectivity index (χ3n) is 2.71. The van der Waals surface area contributed by atoms with E-state index in [0.717, 1.165) is 21.5 Å². The zero-order valence-corrected chi connectivity index (χ0v) is 14.0. The van der Waals surface area contributed by atoms with Crippen LogP contribution < -0.4 is 11.1 Å². The monoisotopic (exact) mass is 365 g/mol. The molecular weight excluding hydrogens is 350 g/mol. The summed E-state index contributed by atoms with van der Waals surface area (Å²) < 4.78 is 0.760. The number of nitrogen functional groups attached to an aromatic ring is 1. The number of nitrogens with zero attached hydrogens (tertiary/aromatic N) is 1. The number of hydrogen-bond acceptors (Lipinski definition) is 4. The minimum atomic E-state index is -0.229. The number of nitrogens with one attached hydrogen (secondary N) is 1. The third kappa shape index (κ3) is 4.47. The number of pyridine rings is 1. The van der Waals surface area contributed by atoms with Crippen LogP contribution in [0.2, 0.25) is 0 Å². The van der Waals surface area contributed by atoms with E-state index >= 15 is 0 Å². The number of halogens is 1. The molecule has 21 heavy (non-hydrogen) atoms. The Kier molecular flexibility index (Phi) is 5.64. The number of anilines is 2. The van der Waals surface area contributed by atoms with E-state index in [1.54, 1.807) is 24.0 Å². The average Bonchev–Trinajstić information content (AvgIpc) is 2.48. The topological polar surface area (TPSA) is 68.0 Å². The Morgan fingerprint density at radius 2 is 2.19 bits per heavy atom. The van der Waals surface area contributed by atoms with Crippen LogP contribution in [0.5, 0.6) is 0 Å². The molecule has 1 amide bonds. The van der Waals surface area contributed by atoms with Gasteiger partial charge >= 0.3 is 0 Å². The highest BCUT2D eigenvalue weighted by atomic mass is 79.9. The molecule has 4 nitrogen and oxygen atoms in total. The van der Waals surface area contributed by atoms with Crippen molar-refractivity contribution >= 4 is 45.0 Å². The Morgan fingerprint density at radius 3 is 2.90 bits per heavy atom. The molecule has 0 radical (unpaired) electrons. The Bertz CT molecular complexity index is 649. The van der Waals surface area contributed by atoms with Crippen LogP contribution in [0.25, 0.3) is 0 Å². The molecule has 110 valence electrons. The van der Waals surface area contributed by atoms with Gasteiger partial charge in [0.05, 0.1) is 16.9 Å². The molecule has 0 aliphatic rings. The summed E-state index contributed by atoms with van der Waals surface area (Å²) in [6.45, 7) is 2.13. The van der Waals surface area contributed by atoms with Crippen LogP contribution in [0.1, 0.15) is 23.7 Å². The first-order valence-electron chi connectivity index (χ1n) is 6.54. The van der Waals surface area contributed by atoms with Gasteiger partial charge in [-0.25, -0.2) is 0 Å². The maximum absolute atomic E-state index is 12.2. The number of carbonyl (C=O) groups is 1. The molecule has 0 bridgehead atoms. The van der Waals surface area contributed by atoms with E-state index in [1.807, 2.05) is 18.2 Å². The van der Waals surface area contributed by atoms with Gasteiger partial charge in [-0.05, 0) is 52.4 Å². The summed E-state index contributed by atoms with van der Waals surface area (Å²) in [7, 11) is 0. The number of thioether (sulfide) groups is 1. The van der Waals surface area contributed by atoms with Gasteiger partial charge in [0.2, 0.25) is 0 Å². The fourth-order valence-electron chi connectivity index (χ4n) is 1.68. The van der Waals surface area contributed by atoms with Crippen LogP contribution >= 0.6 is 27.7 Å². The van der Waals surface area contributed by atoms with Gasteiger partial charge < -0.3 is 11.1 Å². The molecule has 0 aliphatic carbocycles. The number of amides is 1. The number of benzene rings is 1. The van der Waals surface area contributed by atoms with Gasteiger partial charge in [-0.2, -0.15) is 0 Å². The number of nitrogens with two attached hydrogens (primary N) is 1. The minimum Gasteiger partial charge on any atom is -0.397 e. The molecule has 1 aromatic heterocycles. The third-order valence-corrected chi connectivity index (χ3v) is 4.35. The molecule has 0 saturated heterocycles. The predicted octanol–water partition coefficient (Wildman–Crippen LogP) is 4.18. The second-order valence-corrected chi connectivity index (χ2v) is 6.53. The van der Waals surface area contributed by atoms with Crippen LogP contribution in [0.4, 0.5) is 11.4 Å². The summed E-state index contributed by atoms with van der Waals surface area (Å²) >= 11 is 5.04. The molecule has 2 rings (SSSR count). The zero-order valence-electron chi connectivity index (χ0n) is 11.6. The van der Waals surface area contributed by atoms with Crippen molar-refractivity contribution in [3.63, 3.8) is 0 Å². The van der Waals surface area contributed by atoms with Crippen LogP contribution in [-0.2, 0) is 0 Å². The van der Waals surface area contributed by atoms with Gasteiger partial charge in [-0.3, -0.25) is 9.78 Å². The van der Waals surface area contributed by atoms with Gasteiger partial charge in [-0.15, -0.1) is 11.8 Å². The van der Waals surface area contributed by atoms with Crippen molar-refractivity contribution in [2.45, 2.75) is 18.2 Å². The van der Waals surface area contributed by atoms with Gasteiger partial charge in [0.15, 0.2) is 0 Å². The first-order chi connectivity index (χ1) is 10.1. The van der Waals surface area contributed by atoms with E-state index in [2.05, 4.69) is 33.2 Å². The summed E-state index contributed by atoms with van der Waals surface area (Å²) in [6, 6.07) is 7.39. The maximum Gasteiger partial charge on any atom is 0.257 e. The number of rotatable bonds is 5. The van der Waals surface area contributed by atoms with Crippen LogP contribution in [0.3, 0.4) is 0 Å². The van der Waals surface area contributed by atoms with Gasteiger partial charge in [-0.1, -0.05) is 6.92 Å². The van der Waals surface area contributed by atoms with Gasteiger partial charge in [0.1, 0.15) is 0 Å². The Hall–Kier alpha value is -1.53. The summed E-state index contributed by atoms with van der Waals surface area (Å²) in [5.74, 6) is 0.806. The van der Waals surface area contributed by atoms with Crippen molar-refractivity contribution < 1.29 is 4.79 Å². The quantitative estimate of drug-likeness (QED) is 0.615. The van der Waals surface area contributed by atoms with Crippen molar-refractivity contribution in [2.24, 2.45) is 0 Å². The van der Waals surface area contributed by atoms with E-state index in [1.165, 1.54) is 6.20 Å². The first-order valence-corrected chi connectivity index (χ1v) is 8.32. The summed E-state index contributed by atoms with van der Waals surface area (Å²) in [4.78, 5) is 17.3. The lowest BCUT2D eigenvalue weighted by molar-refractivity contribution is 0.102. The second-order valence-electron chi connectivity index (χ2n) is 4.44. The minimum absolute atomic E-state index is 0.229. The van der Waals surface area contributed by atoms with Crippen LogP contribution in [-0.4, -0.2) is 16.6 Å². The fraction of sp³-hybridized carbons (Fsp3) is 0.200. The SMILES string of the molecule is CCCSc1ccc(N)c(NC(=O)c2cncc(Br)c2)c1. The molecule has 0 saturated carbocycles. The largest absolute Gasteiger partial charge is 0.397 e. The van der Waals surface area contributed by atoms with Crippen molar-refractivity contribution in [1.82, 2.24) is 4.98 Å². The van der Waals surface area contributed by atoms with Crippen molar-refractivity contribution in [3.8, 4) is 0 Å². The maximum atomic E-state index is 12.2. The van der Waals surface area contributed by atoms with Gasteiger partial charge in [0, 0.05) is 21.8 Å². The Labute approximate surface area is 136 Å². The van der Waals surface area contributed by atoms with Crippen molar-refractivity contribution in [2.75, 3.05) is 16.8 Å². The van der Waals surface area contributed by atoms with E-state index < -0.39 is 0 Å². The Morgan fingerprint density at radius 1 is 1.38 bits per heavy atom. The second kappa shape index (κ2) is 7.47. The lowest BCUT2D eigenvalue weighted by Gasteiger charge is -2.10. The summed E-state index contributed by atoms with van der Waals surface area (Å²) in [6.07, 6.45) is 4.25. The molecule has 2 aromatic rings. The smallest absolute Gasteiger partial charge is 0.257 e. The number of hydrogen-bond donors (Lipinski definition) is 2. The molecule has 1 heterocycles. The number of aromatic nitrogens is 1. The summed E-state index contributed by atoms with van der Waals surface area (Å²) in [5, 5.41) is 2.83. The Balaban J connectivity index is 2.16. The highest BCUT2D eigenvalue weighted by molar-refractivity contribution is 9.10. The van der Waals surface area contributed by atoms with Crippen LogP contribution in [0, 0.1) is 0 Å². The molecular formula is C15H16BrN3OS. The highest BCUT2D eigenvalue weighted by Crippen LogP contribution is 2.27. The zero-order chi connectivity index (χ0) is 15.2. The van der Waals surface area contributed by atoms with E-state index in [0.29, 0.717) is 16.9 Å². The normalized spacial score (nSPS) is 10.4. The van der Waals surface area contributed by atoms with Crippen molar-refractivity contribution in [3.05, 3.63) is 46.7 Å². The molecule has 3 N–H and O–H groups in total. The molecule has 1 aromatic carbocycles. The highest BCUT2D eigenvalue weighted by Gasteiger charge is 2.10. The lowest BCUT2D eigenvalue weighted by atomic mass is 10.2. The predicted molar refractivity (Wildman–Crippen MR) is 91.8 cm³/mol. The average molecular weight is 366 g/mol. The lowest BCUT2D eigenvalue weighted by Crippen LogP contribution is -2.13. The van der Waals surface area contributed by atoms with Crippen molar-refractivity contribution in [1.29, 1.82) is 0 Å². The molecule has 0 fully saturated rings. The standard InChI is InChI=1S/C15H16BrN3OS/c1-2-5-21-12-3-4-13(17)14(7-12)19-15(20)10-6-11(16)9-18-8-10/h3-4,6-9H,2,5,17H2,1H3,(H,19,20). The van der Waals surface area contributed by atoms with Gasteiger partial charge in [0.25, 0.3) is 5.91 Å². The van der Waals surface area contributed by atoms with E-state index in [-0.39, 0.29) is 5.91 Å². The number of carbonyl (C=O) groups excluding carboxylic acids is 1. The molecule has 0 spiro atoms. The first kappa shape index (κ1) is 15.9. The van der Waals surface area contributed by atoms with Crippen LogP contribution in [0.15, 0.2) is 46.0 Å². The molecule has 0 aliphatic heterocycles. The molecule has 0 unspecified atom stereocenters. The molecule has 6 heteroatoms. The van der Waals surface area contributed by atoms with E-state index in [4.69, 9.17) is 5.73 Å². The summed E-state index contributed by atoms with van der Waals surface area (Å²) in [5.41, 5.74) is 7.58. The fourth-order valence-corrected chi connectivity index (χ4v) is 2.85. The van der Waals surface area contributed by atoms with E-state index in [9.17, 15) is 4.79 Å². The molecule has 0 atom stereocenters.